The normalized spacial score (nSPS) is 18.9. The van der Waals surface area contributed by atoms with Crippen molar-refractivity contribution in [3.8, 4) is 11.5 Å². The summed E-state index contributed by atoms with van der Waals surface area (Å²) in [6.07, 6.45) is 17.7. The lowest BCUT2D eigenvalue weighted by atomic mass is 9.88. The third kappa shape index (κ3) is 11.5. The lowest BCUT2D eigenvalue weighted by molar-refractivity contribution is 0.263. The highest BCUT2D eigenvalue weighted by Crippen LogP contribution is 2.30. The van der Waals surface area contributed by atoms with Gasteiger partial charge in [-0.2, -0.15) is 0 Å². The van der Waals surface area contributed by atoms with Gasteiger partial charge in [0.05, 0.1) is 13.2 Å². The van der Waals surface area contributed by atoms with Crippen LogP contribution in [0.25, 0.3) is 0 Å². The Morgan fingerprint density at radius 1 is 0.703 bits per heavy atom. The van der Waals surface area contributed by atoms with E-state index in [4.69, 9.17) is 18.9 Å². The number of epoxide rings is 2. The number of unbranched alkanes of at least 4 members (excludes halogenated alkanes) is 8. The average Bonchev–Trinajstić information content (AvgIpc) is 3.85. The minimum Gasteiger partial charge on any atom is -0.491 e. The molecule has 37 heavy (non-hydrogen) atoms. The van der Waals surface area contributed by atoms with E-state index in [0.717, 1.165) is 31.1 Å². The van der Waals surface area contributed by atoms with E-state index in [1.165, 1.54) is 88.2 Å². The van der Waals surface area contributed by atoms with E-state index in [2.05, 4.69) is 55.5 Å². The molecule has 2 aromatic rings. The van der Waals surface area contributed by atoms with Crippen LogP contribution in [-0.2, 0) is 15.9 Å². The molecule has 0 amide bonds. The van der Waals surface area contributed by atoms with Crippen molar-refractivity contribution < 1.29 is 18.9 Å². The minimum atomic E-state index is 0.308. The molecule has 0 aromatic heterocycles. The molecule has 0 radical (unpaired) electrons. The summed E-state index contributed by atoms with van der Waals surface area (Å²) in [5, 5.41) is 0. The Hall–Kier alpha value is -2.04. The van der Waals surface area contributed by atoms with Crippen LogP contribution in [0.5, 0.6) is 11.5 Å². The summed E-state index contributed by atoms with van der Waals surface area (Å²) in [5.74, 6) is 2.62. The van der Waals surface area contributed by atoms with E-state index in [0.29, 0.717) is 31.3 Å². The van der Waals surface area contributed by atoms with Gasteiger partial charge in [-0.05, 0) is 67.0 Å². The van der Waals surface area contributed by atoms with Crippen molar-refractivity contribution in [2.45, 2.75) is 109 Å². The predicted molar refractivity (Wildman–Crippen MR) is 151 cm³/mol. The SMILES string of the molecule is CCCCCCC[C@H](CCCCCCCc1cccc(OC[C@H]2CO2)c1)c1ccc(OC[C@@H]2CO2)cc1. The molecule has 2 aliphatic heterocycles. The fourth-order valence-corrected chi connectivity index (χ4v) is 5.06. The topological polar surface area (TPSA) is 43.5 Å². The summed E-state index contributed by atoms with van der Waals surface area (Å²) < 4.78 is 22.2. The van der Waals surface area contributed by atoms with Gasteiger partial charge in [-0.1, -0.05) is 89.0 Å². The molecule has 0 unspecified atom stereocenters. The number of benzene rings is 2. The van der Waals surface area contributed by atoms with Gasteiger partial charge in [0.15, 0.2) is 0 Å². The molecule has 4 nitrogen and oxygen atoms in total. The van der Waals surface area contributed by atoms with E-state index < -0.39 is 0 Å². The molecule has 2 aromatic carbocycles. The average molecular weight is 509 g/mol. The maximum absolute atomic E-state index is 5.85. The summed E-state index contributed by atoms with van der Waals surface area (Å²) in [6, 6.07) is 17.5. The molecule has 2 aliphatic rings. The summed E-state index contributed by atoms with van der Waals surface area (Å²) in [6.45, 7) is 5.33. The van der Waals surface area contributed by atoms with Crippen LogP contribution in [0.4, 0.5) is 0 Å². The van der Waals surface area contributed by atoms with Crippen molar-refractivity contribution in [3.63, 3.8) is 0 Å². The molecular formula is C33H48O4. The number of aryl methyl sites for hydroxylation is 1. The van der Waals surface area contributed by atoms with Crippen molar-refractivity contribution in [3.05, 3.63) is 59.7 Å². The lowest BCUT2D eigenvalue weighted by Crippen LogP contribution is -2.04. The summed E-state index contributed by atoms with van der Waals surface area (Å²) in [5.41, 5.74) is 2.87. The summed E-state index contributed by atoms with van der Waals surface area (Å²) in [7, 11) is 0. The van der Waals surface area contributed by atoms with Gasteiger partial charge in [0, 0.05) is 0 Å². The number of hydrogen-bond acceptors (Lipinski definition) is 4. The van der Waals surface area contributed by atoms with E-state index in [9.17, 15) is 0 Å². The zero-order chi connectivity index (χ0) is 25.5. The van der Waals surface area contributed by atoms with Gasteiger partial charge in [-0.15, -0.1) is 0 Å². The first-order chi connectivity index (χ1) is 18.3. The molecule has 0 saturated carbocycles. The molecule has 0 bridgehead atoms. The molecule has 0 spiro atoms. The Labute approximate surface area is 225 Å². The van der Waals surface area contributed by atoms with Crippen molar-refractivity contribution in [2.24, 2.45) is 0 Å². The standard InChI is InChI=1S/C33H48O4/c1-2-3-4-6-10-15-28(29-18-20-30(21-19-29)34-23-32-25-36-32)16-11-8-5-7-9-13-27-14-12-17-31(22-27)35-24-33-26-37-33/h12,14,17-22,28,32-33H,2-11,13,15-16,23-26H2,1H3/t28-,32-,33+/m1/s1. The Bertz CT molecular complexity index is 872. The molecule has 4 rings (SSSR count). The van der Waals surface area contributed by atoms with Gasteiger partial charge in [-0.25, -0.2) is 0 Å². The molecular weight excluding hydrogens is 460 g/mol. The first-order valence-corrected chi connectivity index (χ1v) is 15.0. The van der Waals surface area contributed by atoms with Crippen LogP contribution in [0.15, 0.2) is 48.5 Å². The smallest absolute Gasteiger partial charge is 0.119 e. The van der Waals surface area contributed by atoms with Crippen LogP contribution in [0.3, 0.4) is 0 Å². The van der Waals surface area contributed by atoms with Gasteiger partial charge < -0.3 is 18.9 Å². The molecule has 4 heteroatoms. The Kier molecular flexibility index (Phi) is 12.1. The Balaban J connectivity index is 1.13. The Morgan fingerprint density at radius 2 is 1.30 bits per heavy atom. The highest BCUT2D eigenvalue weighted by Gasteiger charge is 2.23. The molecule has 0 N–H and O–H groups in total. The predicted octanol–water partition coefficient (Wildman–Crippen LogP) is 8.27. The zero-order valence-corrected chi connectivity index (χ0v) is 23.0. The summed E-state index contributed by atoms with van der Waals surface area (Å²) in [4.78, 5) is 0. The number of rotatable bonds is 21. The van der Waals surface area contributed by atoms with Gasteiger partial charge in [0.2, 0.25) is 0 Å². The van der Waals surface area contributed by atoms with Crippen molar-refractivity contribution in [1.29, 1.82) is 0 Å². The van der Waals surface area contributed by atoms with Gasteiger partial charge >= 0.3 is 0 Å². The van der Waals surface area contributed by atoms with Crippen LogP contribution in [0.2, 0.25) is 0 Å². The third-order valence-corrected chi connectivity index (χ3v) is 7.60. The van der Waals surface area contributed by atoms with Crippen molar-refractivity contribution in [2.75, 3.05) is 26.4 Å². The Morgan fingerprint density at radius 3 is 1.95 bits per heavy atom. The zero-order valence-electron chi connectivity index (χ0n) is 23.0. The first-order valence-electron chi connectivity index (χ1n) is 15.0. The molecule has 0 aliphatic carbocycles. The number of hydrogen-bond donors (Lipinski definition) is 0. The second kappa shape index (κ2) is 16.0. The van der Waals surface area contributed by atoms with E-state index in [1.807, 2.05) is 0 Å². The van der Waals surface area contributed by atoms with Crippen LogP contribution in [0, 0.1) is 0 Å². The van der Waals surface area contributed by atoms with E-state index in [1.54, 1.807) is 0 Å². The number of ether oxygens (including phenoxy) is 4. The van der Waals surface area contributed by atoms with Crippen LogP contribution >= 0.6 is 0 Å². The third-order valence-electron chi connectivity index (χ3n) is 7.60. The molecule has 2 heterocycles. The monoisotopic (exact) mass is 508 g/mol. The quantitative estimate of drug-likeness (QED) is 0.126. The second-order valence-corrected chi connectivity index (χ2v) is 11.0. The van der Waals surface area contributed by atoms with Gasteiger partial charge in [0.25, 0.3) is 0 Å². The lowest BCUT2D eigenvalue weighted by Gasteiger charge is -2.18. The molecule has 2 saturated heterocycles. The maximum Gasteiger partial charge on any atom is 0.119 e. The molecule has 2 fully saturated rings. The van der Waals surface area contributed by atoms with Crippen LogP contribution in [0.1, 0.15) is 101 Å². The molecule has 3 atom stereocenters. The summed E-state index contributed by atoms with van der Waals surface area (Å²) >= 11 is 0. The van der Waals surface area contributed by atoms with Crippen molar-refractivity contribution >= 4 is 0 Å². The van der Waals surface area contributed by atoms with Gasteiger partial charge in [0.1, 0.15) is 36.9 Å². The van der Waals surface area contributed by atoms with Crippen molar-refractivity contribution in [1.82, 2.24) is 0 Å². The van der Waals surface area contributed by atoms with Crippen LogP contribution < -0.4 is 9.47 Å². The fraction of sp³-hybridized carbons (Fsp3) is 0.636. The molecule has 204 valence electrons. The van der Waals surface area contributed by atoms with Crippen LogP contribution in [-0.4, -0.2) is 38.6 Å². The largest absolute Gasteiger partial charge is 0.491 e. The highest BCUT2D eigenvalue weighted by atomic mass is 16.6. The van der Waals surface area contributed by atoms with E-state index in [-0.39, 0.29) is 0 Å². The minimum absolute atomic E-state index is 0.308. The van der Waals surface area contributed by atoms with E-state index >= 15 is 0 Å². The fourth-order valence-electron chi connectivity index (χ4n) is 5.06. The maximum atomic E-state index is 5.85. The van der Waals surface area contributed by atoms with Gasteiger partial charge in [-0.3, -0.25) is 0 Å². The first kappa shape index (κ1) is 28.0. The second-order valence-electron chi connectivity index (χ2n) is 11.0. The highest BCUT2D eigenvalue weighted by molar-refractivity contribution is 5.30.